The zero-order valence-corrected chi connectivity index (χ0v) is 11.4. The number of nitrogens with two attached hydrogens (primary N) is 1. The van der Waals surface area contributed by atoms with Gasteiger partial charge in [0.2, 0.25) is 0 Å². The first-order valence-electron chi connectivity index (χ1n) is 6.76. The lowest BCUT2D eigenvalue weighted by Crippen LogP contribution is -2.34. The molecule has 1 aromatic rings. The zero-order chi connectivity index (χ0) is 15.0. The van der Waals surface area contributed by atoms with E-state index >= 15 is 0 Å². The van der Waals surface area contributed by atoms with Crippen molar-refractivity contribution in [2.75, 3.05) is 0 Å². The predicted molar refractivity (Wildman–Crippen MR) is 75.4 cm³/mol. The Morgan fingerprint density at radius 1 is 1.05 bits per heavy atom. The Bertz CT molecular complexity index is 433. The van der Waals surface area contributed by atoms with E-state index in [-0.39, 0.29) is 6.42 Å². The molecule has 0 aromatic heterocycles. The summed E-state index contributed by atoms with van der Waals surface area (Å²) < 4.78 is 0. The number of carbonyl (C=O) groups is 2. The van der Waals surface area contributed by atoms with Crippen LogP contribution >= 0.6 is 0 Å². The topological polar surface area (TPSA) is 101 Å². The van der Waals surface area contributed by atoms with Crippen LogP contribution in [0.25, 0.3) is 0 Å². The average Bonchev–Trinajstić information content (AvgIpc) is 2.42. The summed E-state index contributed by atoms with van der Waals surface area (Å²) in [6.45, 7) is 0. The van der Waals surface area contributed by atoms with Gasteiger partial charge in [-0.3, -0.25) is 9.59 Å². The average molecular weight is 279 g/mol. The van der Waals surface area contributed by atoms with E-state index in [9.17, 15) is 9.59 Å². The second-order valence-corrected chi connectivity index (χ2v) is 4.95. The van der Waals surface area contributed by atoms with E-state index in [1.165, 1.54) is 5.56 Å². The van der Waals surface area contributed by atoms with Gasteiger partial charge in [0.1, 0.15) is 6.04 Å². The van der Waals surface area contributed by atoms with Crippen molar-refractivity contribution < 1.29 is 19.8 Å². The molecule has 1 rings (SSSR count). The van der Waals surface area contributed by atoms with Gasteiger partial charge in [0.25, 0.3) is 0 Å². The number of aryl methyl sites for hydroxylation is 1. The summed E-state index contributed by atoms with van der Waals surface area (Å²) in [6.07, 6.45) is 2.98. The number of hydrogen-bond donors (Lipinski definition) is 3. The molecule has 0 aliphatic carbocycles. The third-order valence-corrected chi connectivity index (χ3v) is 3.32. The van der Waals surface area contributed by atoms with Gasteiger partial charge in [-0.05, 0) is 31.2 Å². The highest BCUT2D eigenvalue weighted by Crippen LogP contribution is 2.16. The van der Waals surface area contributed by atoms with Crippen molar-refractivity contribution in [2.24, 2.45) is 11.7 Å². The summed E-state index contributed by atoms with van der Waals surface area (Å²) in [5.74, 6) is -2.81. The molecular weight excluding hydrogens is 258 g/mol. The molecule has 0 fully saturated rings. The molecule has 0 saturated carbocycles. The maximum atomic E-state index is 11.1. The number of carboxylic acids is 2. The van der Waals surface area contributed by atoms with Gasteiger partial charge in [-0.15, -0.1) is 0 Å². The third kappa shape index (κ3) is 5.84. The van der Waals surface area contributed by atoms with Crippen LogP contribution in [0.2, 0.25) is 0 Å². The monoisotopic (exact) mass is 279 g/mol. The maximum absolute atomic E-state index is 11.1. The fourth-order valence-electron chi connectivity index (χ4n) is 2.11. The highest BCUT2D eigenvalue weighted by atomic mass is 16.4. The molecule has 20 heavy (non-hydrogen) atoms. The molecule has 0 saturated heterocycles. The van der Waals surface area contributed by atoms with Gasteiger partial charge in [-0.25, -0.2) is 0 Å². The molecule has 5 heteroatoms. The normalized spacial score (nSPS) is 13.7. The van der Waals surface area contributed by atoms with E-state index in [0.717, 1.165) is 19.3 Å². The first-order chi connectivity index (χ1) is 9.50. The quantitative estimate of drug-likeness (QED) is 0.599. The first-order valence-corrected chi connectivity index (χ1v) is 6.76. The molecule has 0 amide bonds. The predicted octanol–water partition coefficient (Wildman–Crippen LogP) is 1.90. The second-order valence-electron chi connectivity index (χ2n) is 4.95. The minimum absolute atomic E-state index is 0.0179. The lowest BCUT2D eigenvalue weighted by Gasteiger charge is -2.14. The van der Waals surface area contributed by atoms with E-state index in [4.69, 9.17) is 15.9 Å². The van der Waals surface area contributed by atoms with Crippen LogP contribution in [0.3, 0.4) is 0 Å². The third-order valence-electron chi connectivity index (χ3n) is 3.32. The summed E-state index contributed by atoms with van der Waals surface area (Å²) in [6, 6.07) is 8.87. The van der Waals surface area contributed by atoms with Gasteiger partial charge in [-0.2, -0.15) is 0 Å². The van der Waals surface area contributed by atoms with Gasteiger partial charge in [0, 0.05) is 0 Å². The van der Waals surface area contributed by atoms with Gasteiger partial charge in [0.05, 0.1) is 5.92 Å². The Morgan fingerprint density at radius 2 is 1.70 bits per heavy atom. The number of unbranched alkanes of at least 4 members (excludes halogenated alkanes) is 1. The Kier molecular flexibility index (Phi) is 6.73. The first kappa shape index (κ1) is 16.2. The fourth-order valence-corrected chi connectivity index (χ4v) is 2.11. The molecule has 0 spiro atoms. The highest BCUT2D eigenvalue weighted by Gasteiger charge is 2.23. The lowest BCUT2D eigenvalue weighted by atomic mass is 9.93. The summed E-state index contributed by atoms with van der Waals surface area (Å²) >= 11 is 0. The largest absolute Gasteiger partial charge is 0.481 e. The number of benzene rings is 1. The van der Waals surface area contributed by atoms with Gasteiger partial charge < -0.3 is 15.9 Å². The van der Waals surface area contributed by atoms with Crippen LogP contribution in [0.4, 0.5) is 0 Å². The Labute approximate surface area is 118 Å². The molecular formula is C15H21NO4. The molecule has 110 valence electrons. The number of rotatable bonds is 9. The molecule has 2 atom stereocenters. The van der Waals surface area contributed by atoms with E-state index < -0.39 is 23.9 Å². The van der Waals surface area contributed by atoms with Crippen molar-refractivity contribution in [1.29, 1.82) is 0 Å². The number of aliphatic carboxylic acids is 2. The summed E-state index contributed by atoms with van der Waals surface area (Å²) in [7, 11) is 0. The van der Waals surface area contributed by atoms with Crippen LogP contribution in [0.15, 0.2) is 30.3 Å². The van der Waals surface area contributed by atoms with Crippen molar-refractivity contribution in [1.82, 2.24) is 0 Å². The molecule has 0 unspecified atom stereocenters. The molecule has 4 N–H and O–H groups in total. The maximum Gasteiger partial charge on any atom is 0.320 e. The molecule has 0 aliphatic heterocycles. The number of carboxylic acid groups (broad SMARTS) is 2. The van der Waals surface area contributed by atoms with Gasteiger partial charge in [0.15, 0.2) is 0 Å². The van der Waals surface area contributed by atoms with Crippen LogP contribution in [-0.2, 0) is 16.0 Å². The van der Waals surface area contributed by atoms with E-state index in [0.29, 0.717) is 6.42 Å². The minimum atomic E-state index is -1.15. The van der Waals surface area contributed by atoms with Gasteiger partial charge >= 0.3 is 11.9 Å². The van der Waals surface area contributed by atoms with Gasteiger partial charge in [-0.1, -0.05) is 36.8 Å². The van der Waals surface area contributed by atoms with Crippen molar-refractivity contribution in [2.45, 2.75) is 38.1 Å². The standard InChI is InChI=1S/C15H21NO4/c16-13(15(19)20)10-12(14(17)18)9-5-4-8-11-6-2-1-3-7-11/h1-3,6-7,12-13H,4-5,8-10,16H2,(H,17,18)(H,19,20)/t12-,13-/m0/s1. The molecule has 0 heterocycles. The van der Waals surface area contributed by atoms with Crippen LogP contribution < -0.4 is 5.73 Å². The van der Waals surface area contributed by atoms with E-state index in [1.54, 1.807) is 0 Å². The van der Waals surface area contributed by atoms with Crippen molar-refractivity contribution in [3.8, 4) is 0 Å². The van der Waals surface area contributed by atoms with Crippen LogP contribution in [-0.4, -0.2) is 28.2 Å². The summed E-state index contributed by atoms with van der Waals surface area (Å²) in [4.78, 5) is 21.7. The summed E-state index contributed by atoms with van der Waals surface area (Å²) in [5, 5.41) is 17.8. The Morgan fingerprint density at radius 3 is 2.25 bits per heavy atom. The Hall–Kier alpha value is -1.88. The second kappa shape index (κ2) is 8.32. The number of hydrogen-bond acceptors (Lipinski definition) is 3. The van der Waals surface area contributed by atoms with Crippen molar-refractivity contribution in [3.05, 3.63) is 35.9 Å². The molecule has 0 bridgehead atoms. The van der Waals surface area contributed by atoms with Crippen molar-refractivity contribution >= 4 is 11.9 Å². The van der Waals surface area contributed by atoms with Crippen molar-refractivity contribution in [3.63, 3.8) is 0 Å². The molecule has 1 aromatic carbocycles. The molecule has 0 aliphatic rings. The van der Waals surface area contributed by atoms with E-state index in [1.807, 2.05) is 30.3 Å². The zero-order valence-electron chi connectivity index (χ0n) is 11.4. The minimum Gasteiger partial charge on any atom is -0.481 e. The molecule has 0 radical (unpaired) electrons. The van der Waals surface area contributed by atoms with Crippen LogP contribution in [0.5, 0.6) is 0 Å². The highest BCUT2D eigenvalue weighted by molar-refractivity contribution is 5.75. The SMILES string of the molecule is N[C@@H](C[C@H](CCCCc1ccccc1)C(=O)O)C(=O)O. The van der Waals surface area contributed by atoms with Crippen LogP contribution in [0.1, 0.15) is 31.2 Å². The summed E-state index contributed by atoms with van der Waals surface area (Å²) in [5.41, 5.74) is 6.61. The molecule has 5 nitrogen and oxygen atoms in total. The van der Waals surface area contributed by atoms with E-state index in [2.05, 4.69) is 0 Å². The smallest absolute Gasteiger partial charge is 0.320 e. The lowest BCUT2D eigenvalue weighted by molar-refractivity contribution is -0.143. The Balaban J connectivity index is 2.32. The van der Waals surface area contributed by atoms with Crippen LogP contribution in [0, 0.1) is 5.92 Å². The fraction of sp³-hybridized carbons (Fsp3) is 0.467.